The van der Waals surface area contributed by atoms with Crippen LogP contribution in [0, 0.1) is 0 Å². The Hall–Kier alpha value is -1.16. The van der Waals surface area contributed by atoms with Crippen LogP contribution >= 0.6 is 0 Å². The average Bonchev–Trinajstić information content (AvgIpc) is 1.88. The van der Waals surface area contributed by atoms with Crippen LogP contribution < -0.4 is 5.43 Å². The second-order valence-corrected chi connectivity index (χ2v) is 2.10. The van der Waals surface area contributed by atoms with E-state index in [1.165, 1.54) is 6.33 Å². The Morgan fingerprint density at radius 1 is 1.50 bits per heavy atom. The summed E-state index contributed by atoms with van der Waals surface area (Å²) in [5.74, 6) is 0.806. The van der Waals surface area contributed by atoms with Gasteiger partial charge in [-0.15, -0.1) is 0 Å². The maximum absolute atomic E-state index is 3.96. The molecule has 0 saturated carbocycles. The van der Waals surface area contributed by atoms with Crippen LogP contribution in [-0.2, 0) is 0 Å². The van der Waals surface area contributed by atoms with Gasteiger partial charge in [-0.1, -0.05) is 0 Å². The first kappa shape index (κ1) is 6.95. The van der Waals surface area contributed by atoms with Crippen molar-refractivity contribution >= 4 is 5.82 Å². The molecule has 4 nitrogen and oxygen atoms in total. The van der Waals surface area contributed by atoms with E-state index in [0.717, 1.165) is 5.82 Å². The molecule has 1 aromatic rings. The van der Waals surface area contributed by atoms with E-state index in [9.17, 15) is 0 Å². The monoisotopic (exact) mass is 138 g/mol. The Kier molecular flexibility index (Phi) is 2.17. The standard InChI is InChI=1S/C6H10N4/c1-10(2)9-6-3-4-7-5-8-6/h3-5H,1-2H3,(H,7,8,9). The van der Waals surface area contributed by atoms with Crippen LogP contribution in [0.5, 0.6) is 0 Å². The van der Waals surface area contributed by atoms with E-state index in [1.54, 1.807) is 12.3 Å². The fourth-order valence-electron chi connectivity index (χ4n) is 0.586. The van der Waals surface area contributed by atoms with Crippen molar-refractivity contribution in [1.82, 2.24) is 15.0 Å². The highest BCUT2D eigenvalue weighted by Crippen LogP contribution is 1.96. The van der Waals surface area contributed by atoms with Crippen molar-refractivity contribution in [1.29, 1.82) is 0 Å². The number of rotatable bonds is 2. The Morgan fingerprint density at radius 3 is 2.80 bits per heavy atom. The molecule has 1 N–H and O–H groups in total. The molecule has 0 spiro atoms. The maximum Gasteiger partial charge on any atom is 0.143 e. The van der Waals surface area contributed by atoms with Gasteiger partial charge in [0.2, 0.25) is 0 Å². The number of aromatic nitrogens is 2. The molecule has 0 aromatic carbocycles. The second-order valence-electron chi connectivity index (χ2n) is 2.10. The summed E-state index contributed by atoms with van der Waals surface area (Å²) in [6.45, 7) is 0. The highest BCUT2D eigenvalue weighted by molar-refractivity contribution is 5.29. The van der Waals surface area contributed by atoms with E-state index < -0.39 is 0 Å². The van der Waals surface area contributed by atoms with Gasteiger partial charge in [0.1, 0.15) is 12.1 Å². The summed E-state index contributed by atoms with van der Waals surface area (Å²) in [5.41, 5.74) is 2.99. The fraction of sp³-hybridized carbons (Fsp3) is 0.333. The highest BCUT2D eigenvalue weighted by Gasteiger charge is 1.89. The van der Waals surface area contributed by atoms with Crippen LogP contribution in [0.3, 0.4) is 0 Å². The Bertz CT molecular complexity index is 184. The molecule has 0 amide bonds. The third kappa shape index (κ3) is 1.99. The summed E-state index contributed by atoms with van der Waals surface area (Å²) in [4.78, 5) is 7.74. The summed E-state index contributed by atoms with van der Waals surface area (Å²) in [6, 6.07) is 1.81. The zero-order valence-electron chi connectivity index (χ0n) is 6.07. The average molecular weight is 138 g/mol. The maximum atomic E-state index is 3.96. The van der Waals surface area contributed by atoms with E-state index in [2.05, 4.69) is 15.4 Å². The Balaban J connectivity index is 2.59. The summed E-state index contributed by atoms with van der Waals surface area (Å²) in [6.07, 6.45) is 3.20. The molecule has 10 heavy (non-hydrogen) atoms. The molecule has 1 rings (SSSR count). The van der Waals surface area contributed by atoms with Gasteiger partial charge in [0.15, 0.2) is 0 Å². The minimum atomic E-state index is 0.806. The Morgan fingerprint density at radius 2 is 2.30 bits per heavy atom. The quantitative estimate of drug-likeness (QED) is 0.599. The van der Waals surface area contributed by atoms with Crippen molar-refractivity contribution < 1.29 is 0 Å². The van der Waals surface area contributed by atoms with Gasteiger partial charge >= 0.3 is 0 Å². The lowest BCUT2D eigenvalue weighted by atomic mass is 10.6. The summed E-state index contributed by atoms with van der Waals surface area (Å²) < 4.78 is 0. The van der Waals surface area contributed by atoms with E-state index >= 15 is 0 Å². The third-order valence-corrected chi connectivity index (χ3v) is 0.920. The van der Waals surface area contributed by atoms with Gasteiger partial charge in [0.05, 0.1) is 0 Å². The molecule has 0 aliphatic heterocycles. The van der Waals surface area contributed by atoms with Crippen molar-refractivity contribution in [2.24, 2.45) is 0 Å². The van der Waals surface area contributed by atoms with Crippen molar-refractivity contribution in [3.8, 4) is 0 Å². The Labute approximate surface area is 59.9 Å². The molecule has 4 heteroatoms. The van der Waals surface area contributed by atoms with Gasteiger partial charge in [0.25, 0.3) is 0 Å². The van der Waals surface area contributed by atoms with Gasteiger partial charge in [-0.25, -0.2) is 15.0 Å². The van der Waals surface area contributed by atoms with Crippen LogP contribution in [0.4, 0.5) is 5.82 Å². The third-order valence-electron chi connectivity index (χ3n) is 0.920. The molecular formula is C6H10N4. The number of hydrogen-bond donors (Lipinski definition) is 1. The van der Waals surface area contributed by atoms with E-state index in [0.29, 0.717) is 0 Å². The lowest BCUT2D eigenvalue weighted by Crippen LogP contribution is -2.20. The molecule has 1 aromatic heterocycles. The van der Waals surface area contributed by atoms with Crippen molar-refractivity contribution in [2.75, 3.05) is 19.5 Å². The minimum Gasteiger partial charge on any atom is -0.304 e. The van der Waals surface area contributed by atoms with Gasteiger partial charge < -0.3 is 5.43 Å². The smallest absolute Gasteiger partial charge is 0.143 e. The van der Waals surface area contributed by atoms with E-state index in [4.69, 9.17) is 0 Å². The molecule has 0 atom stereocenters. The van der Waals surface area contributed by atoms with Crippen molar-refractivity contribution in [3.05, 3.63) is 18.6 Å². The zero-order valence-corrected chi connectivity index (χ0v) is 6.07. The SMILES string of the molecule is CN(C)Nc1ccncn1. The number of nitrogens with one attached hydrogen (secondary N) is 1. The molecule has 1 heterocycles. The second kappa shape index (κ2) is 3.12. The predicted octanol–water partition coefficient (Wildman–Crippen LogP) is 0.365. The summed E-state index contributed by atoms with van der Waals surface area (Å²) in [7, 11) is 3.81. The van der Waals surface area contributed by atoms with Crippen LogP contribution in [0.1, 0.15) is 0 Å². The fourth-order valence-corrected chi connectivity index (χ4v) is 0.586. The van der Waals surface area contributed by atoms with Crippen molar-refractivity contribution in [2.45, 2.75) is 0 Å². The van der Waals surface area contributed by atoms with Crippen molar-refractivity contribution in [3.63, 3.8) is 0 Å². The lowest BCUT2D eigenvalue weighted by molar-refractivity contribution is 0.492. The van der Waals surface area contributed by atoms with Crippen LogP contribution in [0.15, 0.2) is 18.6 Å². The predicted molar refractivity (Wildman–Crippen MR) is 39.3 cm³/mol. The van der Waals surface area contributed by atoms with E-state index in [-0.39, 0.29) is 0 Å². The molecule has 0 radical (unpaired) electrons. The zero-order chi connectivity index (χ0) is 7.40. The molecule has 54 valence electrons. The summed E-state index contributed by atoms with van der Waals surface area (Å²) >= 11 is 0. The van der Waals surface area contributed by atoms with Gasteiger partial charge in [-0.2, -0.15) is 0 Å². The highest BCUT2D eigenvalue weighted by atomic mass is 15.5. The number of nitrogens with zero attached hydrogens (tertiary/aromatic N) is 3. The molecule has 0 bridgehead atoms. The minimum absolute atomic E-state index is 0.806. The van der Waals surface area contributed by atoms with Crippen LogP contribution in [0.2, 0.25) is 0 Å². The summed E-state index contributed by atoms with van der Waals surface area (Å²) in [5, 5.41) is 1.82. The van der Waals surface area contributed by atoms with Gasteiger partial charge in [-0.3, -0.25) is 0 Å². The van der Waals surface area contributed by atoms with Crippen LogP contribution in [0.25, 0.3) is 0 Å². The van der Waals surface area contributed by atoms with E-state index in [1.807, 2.05) is 19.1 Å². The first-order valence-corrected chi connectivity index (χ1v) is 2.99. The molecular weight excluding hydrogens is 128 g/mol. The molecule has 0 fully saturated rings. The van der Waals surface area contributed by atoms with Crippen LogP contribution in [-0.4, -0.2) is 29.1 Å². The topological polar surface area (TPSA) is 41.0 Å². The first-order chi connectivity index (χ1) is 4.79. The normalized spacial score (nSPS) is 9.90. The van der Waals surface area contributed by atoms with Gasteiger partial charge in [0, 0.05) is 26.4 Å². The molecule has 0 aliphatic rings. The number of hydrazine groups is 1. The van der Waals surface area contributed by atoms with Gasteiger partial charge in [-0.05, 0) is 0 Å². The molecule has 0 saturated heterocycles. The number of anilines is 1. The number of hydrogen-bond acceptors (Lipinski definition) is 4. The molecule has 0 aliphatic carbocycles. The molecule has 0 unspecified atom stereocenters. The largest absolute Gasteiger partial charge is 0.304 e. The first-order valence-electron chi connectivity index (χ1n) is 2.99. The lowest BCUT2D eigenvalue weighted by Gasteiger charge is -2.10.